The molecule has 0 saturated heterocycles. The number of benzene rings is 2. The number of rotatable bonds is 9. The molecule has 1 aliphatic carbocycles. The van der Waals surface area contributed by atoms with Crippen molar-refractivity contribution < 1.29 is 9.59 Å². The summed E-state index contributed by atoms with van der Waals surface area (Å²) in [4.78, 5) is 30.6. The number of Topliss-reactive ketones (excluding diaryl/α,β-unsaturated/α-hetero) is 1. The highest BCUT2D eigenvalue weighted by Crippen LogP contribution is 2.32. The summed E-state index contributed by atoms with van der Waals surface area (Å²) in [7, 11) is 4.10. The number of nitrogens with one attached hydrogen (secondary N) is 2. The smallest absolute Gasteiger partial charge is 0.229 e. The fourth-order valence-electron chi connectivity index (χ4n) is 5.09. The lowest BCUT2D eigenvalue weighted by Gasteiger charge is -2.26. The van der Waals surface area contributed by atoms with Gasteiger partial charge in [0.2, 0.25) is 5.91 Å². The number of hydrogen-bond acceptors (Lipinski definition) is 6. The van der Waals surface area contributed by atoms with Crippen LogP contribution in [0.15, 0.2) is 36.4 Å². The monoisotopic (exact) mass is 536 g/mol. The van der Waals surface area contributed by atoms with Crippen LogP contribution in [0.4, 0.5) is 10.8 Å². The van der Waals surface area contributed by atoms with Crippen LogP contribution in [0.3, 0.4) is 0 Å². The zero-order valence-corrected chi connectivity index (χ0v) is 24.7. The first-order chi connectivity index (χ1) is 18.2. The Morgan fingerprint density at radius 3 is 2.39 bits per heavy atom. The SMILES string of the molecule is CCC1CCC(C(=O)Nc2nc3ccccc3s2)CC1.CCc1c(C)cc(NCCN(C)C)cc1C(C)=O. The van der Waals surface area contributed by atoms with E-state index in [1.165, 1.54) is 30.4 Å². The Balaban J connectivity index is 0.000000212. The molecular formula is C31H44N4O2S. The number of aryl methyl sites for hydroxylation is 1. The van der Waals surface area contributed by atoms with Gasteiger partial charge in [-0.05, 0) is 101 Å². The molecule has 3 aromatic rings. The van der Waals surface area contributed by atoms with Gasteiger partial charge >= 0.3 is 0 Å². The Bertz CT molecular complexity index is 1180. The van der Waals surface area contributed by atoms with Gasteiger partial charge in [0.1, 0.15) is 0 Å². The average Bonchev–Trinajstić information content (AvgIpc) is 3.31. The third kappa shape index (κ3) is 8.37. The quantitative estimate of drug-likeness (QED) is 0.283. The van der Waals surface area contributed by atoms with Gasteiger partial charge in [-0.15, -0.1) is 0 Å². The molecule has 38 heavy (non-hydrogen) atoms. The Morgan fingerprint density at radius 2 is 1.79 bits per heavy atom. The second kappa shape index (κ2) is 14.4. The normalized spacial score (nSPS) is 17.1. The van der Waals surface area contributed by atoms with Crippen LogP contribution in [0.1, 0.15) is 74.4 Å². The van der Waals surface area contributed by atoms with Crippen LogP contribution in [0.25, 0.3) is 10.2 Å². The highest BCUT2D eigenvalue weighted by atomic mass is 32.1. The van der Waals surface area contributed by atoms with Crippen LogP contribution in [0, 0.1) is 18.8 Å². The molecule has 4 rings (SSSR count). The summed E-state index contributed by atoms with van der Waals surface area (Å²) in [6.07, 6.45) is 6.57. The first kappa shape index (κ1) is 29.8. The summed E-state index contributed by atoms with van der Waals surface area (Å²) < 4.78 is 1.12. The molecule has 1 aromatic heterocycles. The maximum atomic E-state index is 12.3. The van der Waals surface area contributed by atoms with E-state index in [9.17, 15) is 9.59 Å². The Labute approximate surface area is 232 Å². The molecule has 7 heteroatoms. The van der Waals surface area contributed by atoms with Gasteiger partial charge in [-0.3, -0.25) is 9.59 Å². The van der Waals surface area contributed by atoms with Crippen molar-refractivity contribution in [2.45, 2.75) is 66.2 Å². The number of likely N-dealkylation sites (N-methyl/N-ethyl adjacent to an activating group) is 1. The number of amides is 1. The van der Waals surface area contributed by atoms with Gasteiger partial charge in [-0.25, -0.2) is 4.98 Å². The molecule has 6 nitrogen and oxygen atoms in total. The van der Waals surface area contributed by atoms with Crippen LogP contribution in [0.5, 0.6) is 0 Å². The molecule has 0 bridgehead atoms. The summed E-state index contributed by atoms with van der Waals surface area (Å²) in [6.45, 7) is 9.90. The van der Waals surface area contributed by atoms with E-state index in [0.29, 0.717) is 0 Å². The van der Waals surface area contributed by atoms with Crippen molar-refractivity contribution in [1.29, 1.82) is 0 Å². The number of thiazole rings is 1. The van der Waals surface area contributed by atoms with E-state index < -0.39 is 0 Å². The number of carbonyl (C=O) groups is 2. The molecular weight excluding hydrogens is 492 g/mol. The number of aromatic nitrogens is 1. The third-order valence-electron chi connectivity index (χ3n) is 7.41. The number of para-hydroxylation sites is 1. The minimum Gasteiger partial charge on any atom is -0.384 e. The summed E-state index contributed by atoms with van der Waals surface area (Å²) in [5, 5.41) is 7.10. The lowest BCUT2D eigenvalue weighted by molar-refractivity contribution is -0.121. The van der Waals surface area contributed by atoms with Crippen molar-refractivity contribution in [3.8, 4) is 0 Å². The number of anilines is 2. The topological polar surface area (TPSA) is 74.3 Å². The van der Waals surface area contributed by atoms with Gasteiger partial charge in [0.25, 0.3) is 0 Å². The minimum atomic E-state index is 0.145. The zero-order valence-electron chi connectivity index (χ0n) is 23.9. The Morgan fingerprint density at radius 1 is 1.08 bits per heavy atom. The molecule has 0 aliphatic heterocycles. The minimum absolute atomic E-state index is 0.145. The molecule has 0 spiro atoms. The van der Waals surface area contributed by atoms with Crippen LogP contribution in [-0.2, 0) is 11.2 Å². The molecule has 206 valence electrons. The maximum Gasteiger partial charge on any atom is 0.229 e. The van der Waals surface area contributed by atoms with E-state index >= 15 is 0 Å². The molecule has 1 saturated carbocycles. The highest BCUT2D eigenvalue weighted by Gasteiger charge is 2.26. The molecule has 1 aliphatic rings. The second-order valence-electron chi connectivity index (χ2n) is 10.6. The van der Waals surface area contributed by atoms with Crippen molar-refractivity contribution in [3.63, 3.8) is 0 Å². The van der Waals surface area contributed by atoms with E-state index in [1.54, 1.807) is 18.3 Å². The van der Waals surface area contributed by atoms with Crippen molar-refractivity contribution in [1.82, 2.24) is 9.88 Å². The van der Waals surface area contributed by atoms with Gasteiger partial charge in [-0.1, -0.05) is 43.7 Å². The molecule has 2 aromatic carbocycles. The third-order valence-corrected chi connectivity index (χ3v) is 8.36. The molecule has 0 radical (unpaired) electrons. The van der Waals surface area contributed by atoms with Crippen molar-refractivity contribution >= 4 is 44.1 Å². The molecule has 0 unspecified atom stereocenters. The molecule has 1 amide bonds. The van der Waals surface area contributed by atoms with Crippen molar-refractivity contribution in [2.24, 2.45) is 11.8 Å². The fraction of sp³-hybridized carbons (Fsp3) is 0.516. The van der Waals surface area contributed by atoms with Gasteiger partial charge in [0, 0.05) is 30.3 Å². The highest BCUT2D eigenvalue weighted by molar-refractivity contribution is 7.22. The van der Waals surface area contributed by atoms with Crippen molar-refractivity contribution in [2.75, 3.05) is 37.8 Å². The Kier molecular flexibility index (Phi) is 11.3. The lowest BCUT2D eigenvalue weighted by Crippen LogP contribution is -2.27. The Hall–Kier alpha value is -2.77. The standard InChI is InChI=1S/C16H20N2OS.C15H24N2O/c1-2-11-7-9-12(10-8-11)15(19)18-16-17-13-5-3-4-6-14(13)20-16;1-6-14-11(2)9-13(10-15(14)12(3)18)16-7-8-17(4)5/h3-6,11-12H,2,7-10H2,1H3,(H,17,18,19);9-10,16H,6-8H2,1-5H3. The van der Waals surface area contributed by atoms with Crippen LogP contribution in [0.2, 0.25) is 0 Å². The summed E-state index contributed by atoms with van der Waals surface area (Å²) in [5.41, 5.74) is 5.21. The van der Waals surface area contributed by atoms with E-state index in [2.05, 4.69) is 47.4 Å². The zero-order chi connectivity index (χ0) is 27.7. The summed E-state index contributed by atoms with van der Waals surface area (Å²) in [5.74, 6) is 1.29. The molecule has 1 fully saturated rings. The number of ketones is 1. The predicted octanol–water partition coefficient (Wildman–Crippen LogP) is 7.18. The molecule has 1 heterocycles. The fourth-order valence-corrected chi connectivity index (χ4v) is 5.96. The van der Waals surface area contributed by atoms with Gasteiger partial charge in [0.05, 0.1) is 10.2 Å². The summed E-state index contributed by atoms with van der Waals surface area (Å²) in [6, 6.07) is 12.1. The van der Waals surface area contributed by atoms with Crippen LogP contribution in [-0.4, -0.2) is 48.8 Å². The largest absolute Gasteiger partial charge is 0.384 e. The number of hydrogen-bond donors (Lipinski definition) is 2. The molecule has 0 atom stereocenters. The van der Waals surface area contributed by atoms with Crippen molar-refractivity contribution in [3.05, 3.63) is 53.1 Å². The van der Waals surface area contributed by atoms with Crippen LogP contribution < -0.4 is 10.6 Å². The second-order valence-corrected chi connectivity index (χ2v) is 11.6. The first-order valence-electron chi connectivity index (χ1n) is 13.9. The van der Waals surface area contributed by atoms with E-state index in [0.717, 1.165) is 64.9 Å². The molecule has 2 N–H and O–H groups in total. The lowest BCUT2D eigenvalue weighted by atomic mass is 9.80. The van der Waals surface area contributed by atoms with E-state index in [4.69, 9.17) is 0 Å². The number of carbonyl (C=O) groups excluding carboxylic acids is 2. The average molecular weight is 537 g/mol. The van der Waals surface area contributed by atoms with E-state index in [-0.39, 0.29) is 17.6 Å². The first-order valence-corrected chi connectivity index (χ1v) is 14.7. The predicted molar refractivity (Wildman–Crippen MR) is 162 cm³/mol. The van der Waals surface area contributed by atoms with E-state index in [1.807, 2.05) is 44.4 Å². The van der Waals surface area contributed by atoms with Gasteiger partial charge in [-0.2, -0.15) is 0 Å². The number of fused-ring (bicyclic) bond motifs is 1. The number of nitrogens with zero attached hydrogens (tertiary/aromatic N) is 2. The summed E-state index contributed by atoms with van der Waals surface area (Å²) >= 11 is 1.55. The maximum absolute atomic E-state index is 12.3. The van der Waals surface area contributed by atoms with Gasteiger partial charge < -0.3 is 15.5 Å². The van der Waals surface area contributed by atoms with Crippen LogP contribution >= 0.6 is 11.3 Å². The van der Waals surface area contributed by atoms with Gasteiger partial charge in [0.15, 0.2) is 10.9 Å².